The van der Waals surface area contributed by atoms with Gasteiger partial charge in [0.2, 0.25) is 4.52 Å². The molecule has 0 aliphatic rings. The van der Waals surface area contributed by atoms with Gasteiger partial charge in [0.1, 0.15) is 12.2 Å². The van der Waals surface area contributed by atoms with Crippen LogP contribution in [0.3, 0.4) is 0 Å². The van der Waals surface area contributed by atoms with E-state index < -0.39 is 0 Å². The Balaban J connectivity index is 3.64. The molecule has 0 rings (SSSR count). The van der Waals surface area contributed by atoms with Crippen LogP contribution in [0.1, 0.15) is 0 Å². The summed E-state index contributed by atoms with van der Waals surface area (Å²) in [4.78, 5) is 2.38. The first kappa shape index (κ1) is 7.42. The molecule has 0 unspecified atom stereocenters. The highest BCUT2D eigenvalue weighted by atomic mass is 32.2. The number of azide groups is 1. The monoisotopic (exact) mass is 149 g/mol. The number of isothiocyanates is 1. The fourth-order valence-electron chi connectivity index (χ4n) is 0.0698. The summed E-state index contributed by atoms with van der Waals surface area (Å²) in [6.45, 7) is 0. The van der Waals surface area contributed by atoms with E-state index in [2.05, 4.69) is 19.0 Å². The number of rotatable bonds is 2. The largest absolute Gasteiger partial charge is 0.403 e. The van der Waals surface area contributed by atoms with E-state index in [0.717, 1.165) is 0 Å². The van der Waals surface area contributed by atoms with Crippen molar-refractivity contribution in [3.05, 3.63) is 10.4 Å². The maximum Gasteiger partial charge on any atom is 0.403 e. The number of nitrogens with zero attached hydrogens (tertiary/aromatic N) is 4. The first-order valence-electron chi connectivity index (χ1n) is 1.38. The molecule has 0 saturated heterocycles. The third-order valence-electron chi connectivity index (χ3n) is 0.196. The minimum Gasteiger partial charge on any atom is -0.310 e. The Morgan fingerprint density at radius 1 is 1.88 bits per heavy atom. The van der Waals surface area contributed by atoms with Gasteiger partial charge in [-0.25, -0.2) is 0 Å². The van der Waals surface area contributed by atoms with E-state index in [1.54, 1.807) is 0 Å². The molecule has 0 aromatic heterocycles. The third kappa shape index (κ3) is 5.42. The van der Waals surface area contributed by atoms with Crippen LogP contribution < -0.4 is 0 Å². The standard InChI is InChI=1S/CN4OS2/c2-4-5-7-1-3-8-6/p+1. The van der Waals surface area contributed by atoms with Gasteiger partial charge in [0.05, 0.1) is 4.91 Å². The summed E-state index contributed by atoms with van der Waals surface area (Å²) in [6.07, 6.45) is 0. The van der Waals surface area contributed by atoms with Crippen LogP contribution in [-0.4, -0.2) is 9.71 Å². The normalized spacial score (nSPS) is 6.12. The highest BCUT2D eigenvalue weighted by Crippen LogP contribution is 1.85. The minimum absolute atomic E-state index is 0.262. The van der Waals surface area contributed by atoms with Gasteiger partial charge in [0, 0.05) is 5.53 Å². The SMILES string of the molecule is [N-]=[N+]=N[S+]=C=NSO. The van der Waals surface area contributed by atoms with Crippen LogP contribution in [0, 0.1) is 0 Å². The predicted molar refractivity (Wildman–Crippen MR) is 34.2 cm³/mol. The smallest absolute Gasteiger partial charge is 0.310 e. The molecule has 0 radical (unpaired) electrons. The van der Waals surface area contributed by atoms with Gasteiger partial charge in [-0.15, -0.1) is 0 Å². The van der Waals surface area contributed by atoms with E-state index in [0.29, 0.717) is 11.5 Å². The van der Waals surface area contributed by atoms with E-state index in [1.165, 1.54) is 0 Å². The van der Waals surface area contributed by atoms with Crippen LogP contribution in [0.2, 0.25) is 0 Å². The Morgan fingerprint density at radius 3 is 3.12 bits per heavy atom. The summed E-state index contributed by atoms with van der Waals surface area (Å²) < 4.78 is 14.0. The zero-order chi connectivity index (χ0) is 6.24. The maximum absolute atomic E-state index is 7.90. The Bertz CT molecular complexity index is 153. The molecule has 42 valence electrons. The van der Waals surface area contributed by atoms with E-state index in [9.17, 15) is 0 Å². The van der Waals surface area contributed by atoms with Crippen molar-refractivity contribution >= 4 is 28.9 Å². The topological polar surface area (TPSA) is 81.4 Å². The zero-order valence-corrected chi connectivity index (χ0v) is 5.19. The predicted octanol–water partition coefficient (Wildman–Crippen LogP) is 1.32. The second kappa shape index (κ2) is 6.42. The first-order valence-corrected chi connectivity index (χ1v) is 2.88. The van der Waals surface area contributed by atoms with Crippen molar-refractivity contribution in [3.8, 4) is 0 Å². The van der Waals surface area contributed by atoms with Crippen molar-refractivity contribution < 1.29 is 4.55 Å². The minimum atomic E-state index is 0.262. The molecule has 0 aromatic rings. The van der Waals surface area contributed by atoms with Crippen LogP contribution in [0.15, 0.2) is 8.92 Å². The van der Waals surface area contributed by atoms with Crippen LogP contribution >= 0.6 is 12.2 Å². The second-order valence-corrected chi connectivity index (χ2v) is 1.40. The van der Waals surface area contributed by atoms with E-state index >= 15 is 0 Å². The fraction of sp³-hybridized carbons (Fsp3) is 0. The molecular weight excluding hydrogens is 148 g/mol. The molecule has 0 aliphatic heterocycles. The van der Waals surface area contributed by atoms with Crippen molar-refractivity contribution in [2.24, 2.45) is 8.92 Å². The lowest BCUT2D eigenvalue weighted by Crippen LogP contribution is -1.49. The van der Waals surface area contributed by atoms with Crippen LogP contribution in [0.25, 0.3) is 10.4 Å². The van der Waals surface area contributed by atoms with Gasteiger partial charge in [0.25, 0.3) is 0 Å². The summed E-state index contributed by atoms with van der Waals surface area (Å²) >= 11 is 0.950. The lowest BCUT2D eigenvalue weighted by molar-refractivity contribution is 0.666. The summed E-state index contributed by atoms with van der Waals surface area (Å²) in [7, 11) is 0. The summed E-state index contributed by atoms with van der Waals surface area (Å²) in [6, 6.07) is 0. The molecule has 0 amide bonds. The fourth-order valence-corrected chi connectivity index (χ4v) is 0.410. The van der Waals surface area contributed by atoms with Gasteiger partial charge in [-0.05, 0) is 0 Å². The van der Waals surface area contributed by atoms with Gasteiger partial charge in [-0.1, -0.05) is 4.40 Å². The molecule has 8 heavy (non-hydrogen) atoms. The van der Waals surface area contributed by atoms with Crippen molar-refractivity contribution in [2.75, 3.05) is 0 Å². The van der Waals surface area contributed by atoms with Crippen molar-refractivity contribution in [1.82, 2.24) is 0 Å². The van der Waals surface area contributed by atoms with E-state index in [1.807, 2.05) is 0 Å². The van der Waals surface area contributed by atoms with Gasteiger partial charge in [-0.3, -0.25) is 0 Å². The third-order valence-corrected chi connectivity index (χ3v) is 0.812. The molecular formula is CHN4OS2+. The molecule has 0 spiro atoms. The number of hydrogen-bond donors (Lipinski definition) is 1. The summed E-state index contributed by atoms with van der Waals surface area (Å²) in [5.74, 6) is 0. The molecule has 0 aliphatic carbocycles. The zero-order valence-electron chi connectivity index (χ0n) is 3.55. The Morgan fingerprint density at radius 2 is 2.62 bits per heavy atom. The molecule has 0 aromatic carbocycles. The molecule has 5 nitrogen and oxygen atoms in total. The Kier molecular flexibility index (Phi) is 5.95. The molecule has 0 heterocycles. The highest BCUT2D eigenvalue weighted by Gasteiger charge is 1.78. The molecule has 1 N–H and O–H groups in total. The van der Waals surface area contributed by atoms with Crippen molar-refractivity contribution in [3.63, 3.8) is 0 Å². The first-order chi connectivity index (χ1) is 3.91. The van der Waals surface area contributed by atoms with Gasteiger partial charge in [-0.2, -0.15) is 0 Å². The molecule has 7 heteroatoms. The van der Waals surface area contributed by atoms with Crippen LogP contribution in [0.5, 0.6) is 0 Å². The van der Waals surface area contributed by atoms with Crippen molar-refractivity contribution in [2.45, 2.75) is 0 Å². The van der Waals surface area contributed by atoms with E-state index in [4.69, 9.17) is 10.1 Å². The lowest BCUT2D eigenvalue weighted by atomic mass is 11.8. The summed E-state index contributed by atoms with van der Waals surface area (Å²) in [5, 5.41) is 2.17. The van der Waals surface area contributed by atoms with E-state index in [-0.39, 0.29) is 12.2 Å². The summed E-state index contributed by atoms with van der Waals surface area (Å²) in [5.41, 5.74) is 7.65. The average Bonchev–Trinajstić information content (AvgIpc) is 1.81. The van der Waals surface area contributed by atoms with Gasteiger partial charge in [0.15, 0.2) is 0 Å². The highest BCUT2D eigenvalue weighted by molar-refractivity contribution is 7.93. The van der Waals surface area contributed by atoms with Gasteiger partial charge < -0.3 is 4.55 Å². The van der Waals surface area contributed by atoms with Gasteiger partial charge >= 0.3 is 16.7 Å². The van der Waals surface area contributed by atoms with Crippen molar-refractivity contribution in [1.29, 1.82) is 0 Å². The molecule has 0 fully saturated rings. The maximum atomic E-state index is 7.90. The van der Waals surface area contributed by atoms with Crippen LogP contribution in [-0.2, 0) is 11.5 Å². The molecule has 0 bridgehead atoms. The number of hydrogen-bond acceptors (Lipinski definition) is 4. The Labute approximate surface area is 53.5 Å². The second-order valence-electron chi connectivity index (χ2n) is 0.527. The van der Waals surface area contributed by atoms with Crippen LogP contribution in [0.4, 0.5) is 0 Å². The quantitative estimate of drug-likeness (QED) is 0.0938. The molecule has 0 atom stereocenters. The Hall–Kier alpha value is -0.580. The average molecular weight is 149 g/mol. The molecule has 0 saturated carbocycles. The lowest BCUT2D eigenvalue weighted by Gasteiger charge is -1.55.